The van der Waals surface area contributed by atoms with Gasteiger partial charge in [-0.3, -0.25) is 9.35 Å². The van der Waals surface area contributed by atoms with Crippen molar-refractivity contribution in [1.82, 2.24) is 4.90 Å². The zero-order chi connectivity index (χ0) is 22.6. The molecule has 1 aliphatic rings. The van der Waals surface area contributed by atoms with Crippen LogP contribution in [0.2, 0.25) is 0 Å². The lowest BCUT2D eigenvalue weighted by molar-refractivity contribution is -0.112. The number of rotatable bonds is 5. The average Bonchev–Trinajstić information content (AvgIpc) is 2.74. The minimum Gasteiger partial charge on any atom is -0.373 e. The molecule has 0 aromatic heterocycles. The van der Waals surface area contributed by atoms with Crippen LogP contribution < -0.4 is 10.2 Å². The number of halogens is 1. The predicted molar refractivity (Wildman–Crippen MR) is 126 cm³/mol. The topological polar surface area (TPSA) is 114 Å². The van der Waals surface area contributed by atoms with Gasteiger partial charge in [-0.1, -0.05) is 18.2 Å². The second kappa shape index (κ2) is 10.5. The number of carbonyl (C=O) groups is 1. The summed E-state index contributed by atoms with van der Waals surface area (Å²) in [6, 6.07) is 13.3. The van der Waals surface area contributed by atoms with Crippen LogP contribution in [0.15, 0.2) is 59.1 Å². The zero-order valence-electron chi connectivity index (χ0n) is 17.8. The van der Waals surface area contributed by atoms with Crippen molar-refractivity contribution < 1.29 is 17.8 Å². The number of anilines is 2. The maximum atomic E-state index is 12.5. The van der Waals surface area contributed by atoms with Gasteiger partial charge in [0.15, 0.2) is 0 Å². The van der Waals surface area contributed by atoms with Gasteiger partial charge in [0.25, 0.3) is 16.0 Å². The molecule has 0 spiro atoms. The molecule has 3 rings (SSSR count). The van der Waals surface area contributed by atoms with Gasteiger partial charge in [0, 0.05) is 43.8 Å². The van der Waals surface area contributed by atoms with Crippen molar-refractivity contribution in [1.29, 1.82) is 5.26 Å². The number of amides is 1. The second-order valence-electron chi connectivity index (χ2n) is 7.35. The summed E-state index contributed by atoms with van der Waals surface area (Å²) in [6.07, 6.45) is 1.53. The lowest BCUT2D eigenvalue weighted by Gasteiger charge is -2.36. The minimum absolute atomic E-state index is 0. The summed E-state index contributed by atoms with van der Waals surface area (Å²) in [5.41, 5.74) is 3.76. The van der Waals surface area contributed by atoms with E-state index in [-0.39, 0.29) is 28.6 Å². The molecule has 2 aromatic rings. The number of nitrogens with zero attached hydrogens (tertiary/aromatic N) is 3. The largest absolute Gasteiger partial charge is 0.373 e. The van der Waals surface area contributed by atoms with Gasteiger partial charge in [-0.2, -0.15) is 13.7 Å². The van der Waals surface area contributed by atoms with E-state index in [0.29, 0.717) is 13.1 Å². The summed E-state index contributed by atoms with van der Waals surface area (Å²) in [6.45, 7) is 7.02. The predicted octanol–water partition coefficient (Wildman–Crippen LogP) is 3.14. The van der Waals surface area contributed by atoms with E-state index in [4.69, 9.17) is 4.55 Å². The Labute approximate surface area is 194 Å². The molecule has 0 radical (unpaired) electrons. The lowest BCUT2D eigenvalue weighted by atomic mass is 10.1. The first kappa shape index (κ1) is 25.2. The highest BCUT2D eigenvalue weighted by Crippen LogP contribution is 2.24. The number of benzene rings is 2. The molecule has 0 unspecified atom stereocenters. The molecule has 10 heteroatoms. The second-order valence-corrected chi connectivity index (χ2v) is 8.78. The number of nitrogens with one attached hydrogen (secondary N) is 1. The third-order valence-corrected chi connectivity index (χ3v) is 6.15. The van der Waals surface area contributed by atoms with Gasteiger partial charge in [0.05, 0.1) is 4.90 Å². The molecule has 1 amide bonds. The normalized spacial score (nSPS) is 14.4. The lowest BCUT2D eigenvalue weighted by Crippen LogP contribution is -2.44. The van der Waals surface area contributed by atoms with E-state index in [9.17, 15) is 18.5 Å². The average molecular weight is 477 g/mol. The van der Waals surface area contributed by atoms with E-state index < -0.39 is 16.0 Å². The standard InChI is InChI=1S/C22H24N4O4S.ClH/c1-16-5-3-8-21(17(16)2)26-11-9-25(10-12-26)15-18(14-23)22(27)24-19-6-4-7-20(13-19)31(28,29)30;/h3-8,13,15H,9-12H2,1-2H3,(H,24,27)(H,28,29,30);1H/b18-15-;. The number of hydrogen-bond donors (Lipinski definition) is 2. The molecule has 0 aliphatic carbocycles. The first-order valence-electron chi connectivity index (χ1n) is 9.75. The SMILES string of the molecule is Cc1cccc(N2CCN(/C=C(/C#N)C(=O)Nc3cccc(S(=O)(=O)O)c3)CC2)c1C.Cl. The van der Waals surface area contributed by atoms with E-state index in [0.717, 1.165) is 19.2 Å². The van der Waals surface area contributed by atoms with E-state index in [1.54, 1.807) is 0 Å². The fourth-order valence-corrected chi connectivity index (χ4v) is 3.95. The smallest absolute Gasteiger partial charge is 0.294 e. The van der Waals surface area contributed by atoms with Gasteiger partial charge >= 0.3 is 0 Å². The molecule has 0 bridgehead atoms. The summed E-state index contributed by atoms with van der Waals surface area (Å²) in [5, 5.41) is 11.9. The third-order valence-electron chi connectivity index (χ3n) is 5.30. The molecule has 32 heavy (non-hydrogen) atoms. The van der Waals surface area contributed by atoms with Gasteiger partial charge < -0.3 is 15.1 Å². The molecule has 0 saturated carbocycles. The molecule has 2 N–H and O–H groups in total. The van der Waals surface area contributed by atoms with Gasteiger partial charge in [0.1, 0.15) is 11.6 Å². The number of carbonyl (C=O) groups excluding carboxylic acids is 1. The van der Waals surface area contributed by atoms with Crippen molar-refractivity contribution in [3.05, 3.63) is 65.4 Å². The Bertz CT molecular complexity index is 1170. The monoisotopic (exact) mass is 476 g/mol. The van der Waals surface area contributed by atoms with Gasteiger partial charge in [-0.15, -0.1) is 12.4 Å². The molecule has 2 aromatic carbocycles. The van der Waals surface area contributed by atoms with Crippen LogP contribution in [0.4, 0.5) is 11.4 Å². The summed E-state index contributed by atoms with van der Waals surface area (Å²) < 4.78 is 31.7. The van der Waals surface area contributed by atoms with E-state index in [2.05, 4.69) is 36.2 Å². The van der Waals surface area contributed by atoms with Crippen LogP contribution in [0.5, 0.6) is 0 Å². The third kappa shape index (κ3) is 6.01. The van der Waals surface area contributed by atoms with Crippen LogP contribution in [0.3, 0.4) is 0 Å². The van der Waals surface area contributed by atoms with Crippen molar-refractivity contribution in [3.8, 4) is 6.07 Å². The van der Waals surface area contributed by atoms with Gasteiger partial charge in [0.2, 0.25) is 0 Å². The molecule has 1 fully saturated rings. The van der Waals surface area contributed by atoms with Crippen LogP contribution in [-0.4, -0.2) is 50.0 Å². The highest BCUT2D eigenvalue weighted by Gasteiger charge is 2.19. The fourth-order valence-electron chi connectivity index (χ4n) is 3.42. The van der Waals surface area contributed by atoms with Crippen molar-refractivity contribution in [2.75, 3.05) is 36.4 Å². The Morgan fingerprint density at radius 3 is 2.41 bits per heavy atom. The Kier molecular flexibility index (Phi) is 8.27. The molecular weight excluding hydrogens is 452 g/mol. The van der Waals surface area contributed by atoms with Crippen molar-refractivity contribution >= 4 is 39.8 Å². The quantitative estimate of drug-likeness (QED) is 0.387. The van der Waals surface area contributed by atoms with E-state index in [1.165, 1.54) is 41.2 Å². The molecule has 170 valence electrons. The molecule has 1 aliphatic heterocycles. The molecule has 1 saturated heterocycles. The van der Waals surface area contributed by atoms with E-state index >= 15 is 0 Å². The highest BCUT2D eigenvalue weighted by molar-refractivity contribution is 7.85. The Morgan fingerprint density at radius 2 is 1.78 bits per heavy atom. The Hall–Kier alpha value is -3.06. The highest BCUT2D eigenvalue weighted by atomic mass is 35.5. The Morgan fingerprint density at radius 1 is 1.12 bits per heavy atom. The van der Waals surface area contributed by atoms with Crippen molar-refractivity contribution in [2.45, 2.75) is 18.7 Å². The maximum Gasteiger partial charge on any atom is 0.294 e. The fraction of sp³-hybridized carbons (Fsp3) is 0.273. The zero-order valence-corrected chi connectivity index (χ0v) is 19.4. The minimum atomic E-state index is -4.39. The molecule has 8 nitrogen and oxygen atoms in total. The van der Waals surface area contributed by atoms with E-state index in [1.807, 2.05) is 17.0 Å². The molecular formula is C22H25ClN4O4S. The van der Waals surface area contributed by atoms with Crippen molar-refractivity contribution in [3.63, 3.8) is 0 Å². The summed E-state index contributed by atoms with van der Waals surface area (Å²) in [7, 11) is -4.39. The first-order valence-corrected chi connectivity index (χ1v) is 11.2. The summed E-state index contributed by atoms with van der Waals surface area (Å²) in [5.74, 6) is -0.646. The number of aryl methyl sites for hydroxylation is 1. The number of hydrogen-bond acceptors (Lipinski definition) is 6. The van der Waals surface area contributed by atoms with Crippen molar-refractivity contribution in [2.24, 2.45) is 0 Å². The molecule has 0 atom stereocenters. The Balaban J connectivity index is 0.00000363. The van der Waals surface area contributed by atoms with Crippen LogP contribution in [-0.2, 0) is 14.9 Å². The maximum absolute atomic E-state index is 12.5. The van der Waals surface area contributed by atoms with Gasteiger partial charge in [-0.05, 0) is 49.2 Å². The van der Waals surface area contributed by atoms with Crippen LogP contribution in [0.25, 0.3) is 0 Å². The molecule has 1 heterocycles. The van der Waals surface area contributed by atoms with Crippen LogP contribution in [0.1, 0.15) is 11.1 Å². The number of nitriles is 1. The first-order chi connectivity index (χ1) is 14.7. The number of piperazine rings is 1. The summed E-state index contributed by atoms with van der Waals surface area (Å²) >= 11 is 0. The van der Waals surface area contributed by atoms with Gasteiger partial charge in [-0.25, -0.2) is 0 Å². The van der Waals surface area contributed by atoms with Crippen LogP contribution in [0, 0.1) is 25.2 Å². The summed E-state index contributed by atoms with van der Waals surface area (Å²) in [4.78, 5) is 16.4. The van der Waals surface area contributed by atoms with Crippen LogP contribution >= 0.6 is 12.4 Å².